The van der Waals surface area contributed by atoms with Crippen molar-refractivity contribution in [1.82, 2.24) is 19.9 Å². The number of carboxylic acid groups (broad SMARTS) is 1. The molecule has 0 spiro atoms. The van der Waals surface area contributed by atoms with E-state index < -0.39 is 12.0 Å². The van der Waals surface area contributed by atoms with Crippen LogP contribution in [0.5, 0.6) is 0 Å². The molecule has 152 valence electrons. The SMILES string of the molecule is Cc1nc2ccccc2nc1N1CCN(C(C(=O)O)c2c[nH]c3ccccc23)CC1. The van der Waals surface area contributed by atoms with E-state index in [4.69, 9.17) is 9.97 Å². The van der Waals surface area contributed by atoms with Crippen molar-refractivity contribution in [2.45, 2.75) is 13.0 Å². The fraction of sp³-hybridized carbons (Fsp3) is 0.261. The number of H-pyrrole nitrogens is 1. The quantitative estimate of drug-likeness (QED) is 0.545. The Bertz CT molecular complexity index is 1230. The Kier molecular flexibility index (Phi) is 4.59. The summed E-state index contributed by atoms with van der Waals surface area (Å²) in [5, 5.41) is 11.0. The van der Waals surface area contributed by atoms with Gasteiger partial charge in [-0.3, -0.25) is 9.69 Å². The number of fused-ring (bicyclic) bond motifs is 2. The van der Waals surface area contributed by atoms with Crippen molar-refractivity contribution in [3.05, 3.63) is 66.0 Å². The van der Waals surface area contributed by atoms with E-state index in [0.717, 1.165) is 39.0 Å². The molecule has 2 N–H and O–H groups in total. The molecule has 4 aromatic rings. The molecule has 5 rings (SSSR count). The van der Waals surface area contributed by atoms with Gasteiger partial charge >= 0.3 is 5.97 Å². The average molecular weight is 401 g/mol. The molecule has 1 aliphatic heterocycles. The van der Waals surface area contributed by atoms with Crippen molar-refractivity contribution in [2.75, 3.05) is 31.1 Å². The van der Waals surface area contributed by atoms with Gasteiger partial charge in [0.15, 0.2) is 5.82 Å². The minimum Gasteiger partial charge on any atom is -0.480 e. The summed E-state index contributed by atoms with van der Waals surface area (Å²) in [6.45, 7) is 4.68. The Morgan fingerprint density at radius 3 is 2.40 bits per heavy atom. The molecule has 1 saturated heterocycles. The number of hydrogen-bond acceptors (Lipinski definition) is 5. The largest absolute Gasteiger partial charge is 0.480 e. The molecular weight excluding hydrogens is 378 g/mol. The first-order chi connectivity index (χ1) is 14.6. The lowest BCUT2D eigenvalue weighted by Gasteiger charge is -2.38. The number of rotatable bonds is 4. The van der Waals surface area contributed by atoms with E-state index in [1.165, 1.54) is 0 Å². The van der Waals surface area contributed by atoms with Crippen LogP contribution in [0.3, 0.4) is 0 Å². The van der Waals surface area contributed by atoms with Crippen LogP contribution in [-0.4, -0.2) is 57.1 Å². The van der Waals surface area contributed by atoms with Gasteiger partial charge < -0.3 is 15.0 Å². The van der Waals surface area contributed by atoms with Crippen molar-refractivity contribution < 1.29 is 9.90 Å². The first kappa shape index (κ1) is 18.6. The second-order valence-electron chi connectivity index (χ2n) is 7.67. The Morgan fingerprint density at radius 2 is 1.67 bits per heavy atom. The lowest BCUT2D eigenvalue weighted by atomic mass is 10.0. The van der Waals surface area contributed by atoms with Crippen LogP contribution in [0.25, 0.3) is 21.9 Å². The molecule has 1 aliphatic rings. The van der Waals surface area contributed by atoms with E-state index in [1.807, 2.05) is 66.6 Å². The third-order valence-corrected chi connectivity index (χ3v) is 5.85. The summed E-state index contributed by atoms with van der Waals surface area (Å²) in [6.07, 6.45) is 1.83. The molecule has 30 heavy (non-hydrogen) atoms. The van der Waals surface area contributed by atoms with E-state index in [0.29, 0.717) is 26.2 Å². The van der Waals surface area contributed by atoms with E-state index in [2.05, 4.69) is 9.88 Å². The number of hydrogen-bond donors (Lipinski definition) is 2. The van der Waals surface area contributed by atoms with Crippen molar-refractivity contribution in [3.63, 3.8) is 0 Å². The molecule has 2 aromatic carbocycles. The van der Waals surface area contributed by atoms with Crippen molar-refractivity contribution in [1.29, 1.82) is 0 Å². The second kappa shape index (κ2) is 7.42. The van der Waals surface area contributed by atoms with Crippen LogP contribution in [0.2, 0.25) is 0 Å². The highest BCUT2D eigenvalue weighted by atomic mass is 16.4. The summed E-state index contributed by atoms with van der Waals surface area (Å²) in [5.41, 5.74) is 4.44. The summed E-state index contributed by atoms with van der Waals surface area (Å²) in [6, 6.07) is 15.0. The molecule has 0 amide bonds. The highest BCUT2D eigenvalue weighted by Crippen LogP contribution is 2.30. The number of carboxylic acids is 1. The maximum atomic E-state index is 12.2. The smallest absolute Gasteiger partial charge is 0.325 e. The van der Waals surface area contributed by atoms with Gasteiger partial charge in [0.05, 0.1) is 16.7 Å². The number of benzene rings is 2. The van der Waals surface area contributed by atoms with Crippen LogP contribution in [0.1, 0.15) is 17.3 Å². The summed E-state index contributed by atoms with van der Waals surface area (Å²) >= 11 is 0. The predicted molar refractivity (Wildman–Crippen MR) is 117 cm³/mol. The van der Waals surface area contributed by atoms with E-state index in [9.17, 15) is 9.90 Å². The summed E-state index contributed by atoms with van der Waals surface area (Å²) < 4.78 is 0. The molecule has 0 aliphatic carbocycles. The standard InChI is InChI=1S/C23H23N5O2/c1-15-22(26-20-9-5-4-8-19(20)25-15)28-12-10-27(11-13-28)21(23(29)30)17-14-24-18-7-3-2-6-16(17)18/h2-9,14,21,24H,10-13H2,1H3,(H,29,30). The lowest BCUT2D eigenvalue weighted by Crippen LogP contribution is -2.49. The first-order valence-electron chi connectivity index (χ1n) is 10.1. The third-order valence-electron chi connectivity index (χ3n) is 5.85. The molecule has 1 atom stereocenters. The third kappa shape index (κ3) is 3.17. The zero-order chi connectivity index (χ0) is 20.7. The van der Waals surface area contributed by atoms with Gasteiger partial charge in [-0.2, -0.15) is 0 Å². The number of aliphatic carboxylic acids is 1. The number of para-hydroxylation sites is 3. The van der Waals surface area contributed by atoms with E-state index in [1.54, 1.807) is 0 Å². The average Bonchev–Trinajstić information content (AvgIpc) is 3.18. The lowest BCUT2D eigenvalue weighted by molar-refractivity contribution is -0.143. The molecule has 7 heteroatoms. The normalized spacial score (nSPS) is 16.2. The van der Waals surface area contributed by atoms with Crippen molar-refractivity contribution in [3.8, 4) is 0 Å². The minimum atomic E-state index is -0.824. The van der Waals surface area contributed by atoms with E-state index >= 15 is 0 Å². The van der Waals surface area contributed by atoms with Gasteiger partial charge in [-0.15, -0.1) is 0 Å². The number of nitrogens with one attached hydrogen (secondary N) is 1. The number of nitrogens with zero attached hydrogens (tertiary/aromatic N) is 4. The molecule has 1 unspecified atom stereocenters. The van der Waals surface area contributed by atoms with Crippen LogP contribution >= 0.6 is 0 Å². The zero-order valence-electron chi connectivity index (χ0n) is 16.7. The van der Waals surface area contributed by atoms with Crippen molar-refractivity contribution in [2.24, 2.45) is 0 Å². The summed E-state index contributed by atoms with van der Waals surface area (Å²) in [4.78, 5) is 29.2. The van der Waals surface area contributed by atoms with Gasteiger partial charge in [0, 0.05) is 48.8 Å². The molecular formula is C23H23N5O2. The molecule has 0 saturated carbocycles. The second-order valence-corrected chi connectivity index (χ2v) is 7.67. The van der Waals surface area contributed by atoms with E-state index in [-0.39, 0.29) is 0 Å². The van der Waals surface area contributed by atoms with Crippen LogP contribution in [0.4, 0.5) is 5.82 Å². The number of aromatic nitrogens is 3. The van der Waals surface area contributed by atoms with Crippen LogP contribution < -0.4 is 4.90 Å². The highest BCUT2D eigenvalue weighted by Gasteiger charge is 2.32. The summed E-state index contributed by atoms with van der Waals surface area (Å²) in [7, 11) is 0. The number of anilines is 1. The van der Waals surface area contributed by atoms with Gasteiger partial charge in [-0.1, -0.05) is 30.3 Å². The topological polar surface area (TPSA) is 85.3 Å². The maximum Gasteiger partial charge on any atom is 0.325 e. The number of aryl methyl sites for hydroxylation is 1. The molecule has 0 bridgehead atoms. The maximum absolute atomic E-state index is 12.2. The molecule has 1 fully saturated rings. The van der Waals surface area contributed by atoms with Crippen LogP contribution in [0, 0.1) is 6.92 Å². The highest BCUT2D eigenvalue weighted by molar-refractivity contribution is 5.89. The Morgan fingerprint density at radius 1 is 1.00 bits per heavy atom. The zero-order valence-corrected chi connectivity index (χ0v) is 16.7. The molecule has 7 nitrogen and oxygen atoms in total. The molecule has 2 aromatic heterocycles. The Balaban J connectivity index is 1.39. The first-order valence-corrected chi connectivity index (χ1v) is 10.1. The van der Waals surface area contributed by atoms with Crippen molar-refractivity contribution >= 4 is 33.7 Å². The molecule has 0 radical (unpaired) electrons. The Labute approximate surface area is 174 Å². The monoisotopic (exact) mass is 401 g/mol. The summed E-state index contributed by atoms with van der Waals surface area (Å²) in [5.74, 6) is 0.0576. The van der Waals surface area contributed by atoms with Gasteiger partial charge in [0.2, 0.25) is 0 Å². The number of carbonyl (C=O) groups is 1. The Hall–Kier alpha value is -3.45. The van der Waals surface area contributed by atoms with Gasteiger partial charge in [-0.05, 0) is 25.1 Å². The fourth-order valence-electron chi connectivity index (χ4n) is 4.38. The predicted octanol–water partition coefficient (Wildman–Crippen LogP) is 3.37. The number of piperazine rings is 1. The van der Waals surface area contributed by atoms with Crippen LogP contribution in [-0.2, 0) is 4.79 Å². The van der Waals surface area contributed by atoms with Crippen LogP contribution in [0.15, 0.2) is 54.7 Å². The van der Waals surface area contributed by atoms with Gasteiger partial charge in [0.1, 0.15) is 6.04 Å². The van der Waals surface area contributed by atoms with Gasteiger partial charge in [-0.25, -0.2) is 9.97 Å². The fourth-order valence-corrected chi connectivity index (χ4v) is 4.38. The minimum absolute atomic E-state index is 0.643. The molecule has 3 heterocycles. The number of aromatic amines is 1. The van der Waals surface area contributed by atoms with Gasteiger partial charge in [0.25, 0.3) is 0 Å².